The monoisotopic (exact) mass is 544 g/mol. The van der Waals surface area contributed by atoms with Crippen LogP contribution in [0.2, 0.25) is 0 Å². The molecule has 5 unspecified atom stereocenters. The molecule has 2 heterocycles. The Hall–Kier alpha value is -4.20. The van der Waals surface area contributed by atoms with E-state index in [4.69, 9.17) is 9.47 Å². The van der Waals surface area contributed by atoms with Gasteiger partial charge in [-0.3, -0.25) is 25.0 Å². The zero-order valence-corrected chi connectivity index (χ0v) is 21.2. The summed E-state index contributed by atoms with van der Waals surface area (Å²) in [6.07, 6.45) is -0.739. The first kappa shape index (κ1) is 26.9. The molecule has 5 atom stereocenters. The molecule has 0 saturated carbocycles. The van der Waals surface area contributed by atoms with Crippen LogP contribution in [0.15, 0.2) is 48.5 Å². The number of thioether (sulfide) groups is 1. The summed E-state index contributed by atoms with van der Waals surface area (Å²) in [5, 5.41) is 23.6. The number of carbonyl (C=O) groups excluding carboxylic acids is 3. The van der Waals surface area contributed by atoms with Crippen molar-refractivity contribution < 1.29 is 33.7 Å². The Morgan fingerprint density at radius 2 is 1.47 bits per heavy atom. The summed E-state index contributed by atoms with van der Waals surface area (Å²) in [5.41, 5.74) is 1.01. The topological polar surface area (TPSA) is 171 Å². The Kier molecular flexibility index (Phi) is 7.80. The third kappa shape index (κ3) is 5.54. The van der Waals surface area contributed by atoms with Crippen LogP contribution in [-0.2, 0) is 32.3 Å². The number of esters is 1. The fraction of sp³-hybridized carbons (Fsp3) is 0.375. The highest BCUT2D eigenvalue weighted by atomic mass is 32.2. The Bertz CT molecular complexity index is 1250. The average Bonchev–Trinajstić information content (AvgIpc) is 3.18. The molecule has 1 N–H and O–H groups in total. The Labute approximate surface area is 220 Å². The fourth-order valence-corrected chi connectivity index (χ4v) is 6.09. The number of alkyl carbamates (subject to hydrolysis) is 1. The molecule has 14 heteroatoms. The van der Waals surface area contributed by atoms with E-state index in [-0.39, 0.29) is 41.1 Å². The third-order valence-corrected chi connectivity index (χ3v) is 7.88. The summed E-state index contributed by atoms with van der Waals surface area (Å²) < 4.78 is 10.6. The number of rotatable bonds is 9. The summed E-state index contributed by atoms with van der Waals surface area (Å²) in [6.45, 7) is 3.32. The highest BCUT2D eigenvalue weighted by molar-refractivity contribution is 8.01. The summed E-state index contributed by atoms with van der Waals surface area (Å²) in [5.74, 6) is -1.41. The number of nitrogens with one attached hydrogen (secondary N) is 1. The maximum atomic E-state index is 13.0. The van der Waals surface area contributed by atoms with E-state index in [1.807, 2.05) is 6.92 Å². The van der Waals surface area contributed by atoms with Gasteiger partial charge in [0.25, 0.3) is 11.4 Å². The highest BCUT2D eigenvalue weighted by Gasteiger charge is 2.61. The molecular formula is C24H24N4O9S. The first-order valence-electron chi connectivity index (χ1n) is 11.6. The predicted molar refractivity (Wildman–Crippen MR) is 134 cm³/mol. The molecule has 2 aromatic carbocycles. The fourth-order valence-electron chi connectivity index (χ4n) is 4.38. The number of ether oxygens (including phenoxy) is 2. The molecule has 2 fully saturated rings. The second kappa shape index (κ2) is 11.0. The van der Waals surface area contributed by atoms with Gasteiger partial charge in [0.15, 0.2) is 0 Å². The van der Waals surface area contributed by atoms with Crippen molar-refractivity contribution >= 4 is 41.1 Å². The zero-order valence-electron chi connectivity index (χ0n) is 20.3. The first-order valence-corrected chi connectivity index (χ1v) is 12.6. The van der Waals surface area contributed by atoms with Crippen molar-refractivity contribution in [3.05, 3.63) is 79.9 Å². The molecule has 0 aliphatic carbocycles. The van der Waals surface area contributed by atoms with Crippen LogP contribution >= 0.6 is 11.8 Å². The molecule has 0 bridgehead atoms. The molecule has 200 valence electrons. The van der Waals surface area contributed by atoms with Crippen molar-refractivity contribution in [1.82, 2.24) is 10.2 Å². The summed E-state index contributed by atoms with van der Waals surface area (Å²) in [6, 6.07) is 9.89. The van der Waals surface area contributed by atoms with E-state index < -0.39 is 39.9 Å². The van der Waals surface area contributed by atoms with E-state index >= 15 is 0 Å². The minimum absolute atomic E-state index is 0.0705. The quantitative estimate of drug-likeness (QED) is 0.214. The second-order valence-electron chi connectivity index (χ2n) is 8.91. The first-order chi connectivity index (χ1) is 18.1. The Balaban J connectivity index is 1.27. The molecule has 2 amide bonds. The van der Waals surface area contributed by atoms with E-state index in [0.29, 0.717) is 11.1 Å². The second-order valence-corrected chi connectivity index (χ2v) is 10.4. The van der Waals surface area contributed by atoms with Crippen molar-refractivity contribution in [3.63, 3.8) is 0 Å². The van der Waals surface area contributed by atoms with Gasteiger partial charge >= 0.3 is 12.1 Å². The molecule has 0 radical (unpaired) electrons. The number of nitrogens with zero attached hydrogens (tertiary/aromatic N) is 3. The lowest BCUT2D eigenvalue weighted by Crippen LogP contribution is -2.66. The summed E-state index contributed by atoms with van der Waals surface area (Å²) in [7, 11) is 0. The average molecular weight is 545 g/mol. The van der Waals surface area contributed by atoms with Crippen molar-refractivity contribution in [2.75, 3.05) is 0 Å². The van der Waals surface area contributed by atoms with Crippen molar-refractivity contribution in [2.45, 2.75) is 49.8 Å². The van der Waals surface area contributed by atoms with Crippen LogP contribution in [0.25, 0.3) is 0 Å². The molecule has 2 aliphatic rings. The molecule has 0 aromatic heterocycles. The molecule has 4 rings (SSSR count). The molecule has 2 aromatic rings. The number of benzene rings is 2. The van der Waals surface area contributed by atoms with Crippen molar-refractivity contribution in [1.29, 1.82) is 0 Å². The number of non-ortho nitro benzene ring substituents is 2. The van der Waals surface area contributed by atoms with Gasteiger partial charge in [0, 0.05) is 35.6 Å². The van der Waals surface area contributed by atoms with Gasteiger partial charge in [-0.2, -0.15) is 0 Å². The lowest BCUT2D eigenvalue weighted by molar-refractivity contribution is -0.385. The van der Waals surface area contributed by atoms with Crippen molar-refractivity contribution in [2.24, 2.45) is 5.92 Å². The number of nitro benzene ring substituents is 2. The molecule has 13 nitrogen and oxygen atoms in total. The maximum absolute atomic E-state index is 13.0. The number of carbonyl (C=O) groups is 3. The minimum Gasteiger partial charge on any atom is -0.459 e. The van der Waals surface area contributed by atoms with Crippen molar-refractivity contribution in [3.8, 4) is 0 Å². The van der Waals surface area contributed by atoms with Gasteiger partial charge in [0.1, 0.15) is 19.3 Å². The van der Waals surface area contributed by atoms with Crippen LogP contribution in [0.3, 0.4) is 0 Å². The summed E-state index contributed by atoms with van der Waals surface area (Å²) in [4.78, 5) is 60.0. The third-order valence-electron chi connectivity index (χ3n) is 6.39. The molecular weight excluding hydrogens is 520 g/mol. The van der Waals surface area contributed by atoms with E-state index in [9.17, 15) is 34.6 Å². The van der Waals surface area contributed by atoms with Gasteiger partial charge in [-0.05, 0) is 42.3 Å². The number of fused-ring (bicyclic) bond motifs is 1. The van der Waals surface area contributed by atoms with Crippen LogP contribution in [0.1, 0.15) is 25.0 Å². The van der Waals surface area contributed by atoms with E-state index in [1.165, 1.54) is 65.2 Å². The SMILES string of the molecule is CC(NC(=O)OCc1ccc([N+](=O)[O-])cc1)C1C(=O)N2C1SC(C)C2C(=O)OCc1ccc([N+](=O)[O-])cc1. The lowest BCUT2D eigenvalue weighted by Gasteiger charge is -2.46. The zero-order chi connectivity index (χ0) is 27.6. The van der Waals surface area contributed by atoms with Gasteiger partial charge in [-0.25, -0.2) is 9.59 Å². The molecule has 2 saturated heterocycles. The van der Waals surface area contributed by atoms with Gasteiger partial charge in [0.05, 0.1) is 21.1 Å². The van der Waals surface area contributed by atoms with E-state index in [2.05, 4.69) is 5.32 Å². The van der Waals surface area contributed by atoms with Crippen LogP contribution in [-0.4, -0.2) is 55.4 Å². The van der Waals surface area contributed by atoms with Crippen LogP contribution in [0, 0.1) is 26.1 Å². The van der Waals surface area contributed by atoms with E-state index in [0.717, 1.165) is 0 Å². The Morgan fingerprint density at radius 1 is 0.974 bits per heavy atom. The summed E-state index contributed by atoms with van der Waals surface area (Å²) >= 11 is 1.44. The number of nitro groups is 2. The normalized spacial score (nSPS) is 22.6. The predicted octanol–water partition coefficient (Wildman–Crippen LogP) is 3.15. The van der Waals surface area contributed by atoms with E-state index in [1.54, 1.807) is 6.92 Å². The minimum atomic E-state index is -0.784. The largest absolute Gasteiger partial charge is 0.459 e. The highest BCUT2D eigenvalue weighted by Crippen LogP contribution is 2.48. The Morgan fingerprint density at radius 3 is 1.97 bits per heavy atom. The van der Waals surface area contributed by atoms with Crippen LogP contribution in [0.4, 0.5) is 16.2 Å². The molecule has 2 aliphatic heterocycles. The van der Waals surface area contributed by atoms with Gasteiger partial charge in [-0.1, -0.05) is 6.92 Å². The van der Waals surface area contributed by atoms with Gasteiger partial charge in [0.2, 0.25) is 5.91 Å². The number of hydrogen-bond donors (Lipinski definition) is 1. The maximum Gasteiger partial charge on any atom is 0.407 e. The molecule has 0 spiro atoms. The van der Waals surface area contributed by atoms with Gasteiger partial charge in [-0.15, -0.1) is 11.8 Å². The number of amides is 2. The van der Waals surface area contributed by atoms with Crippen LogP contribution in [0.5, 0.6) is 0 Å². The van der Waals surface area contributed by atoms with Crippen LogP contribution < -0.4 is 5.32 Å². The lowest BCUT2D eigenvalue weighted by atomic mass is 9.89. The number of hydrogen-bond acceptors (Lipinski definition) is 10. The number of β-lactam (4-membered cyclic amide) rings is 1. The standard InChI is InChI=1S/C24H24N4O9S/c1-13(25-24(31)37-12-16-5-9-18(10-6-16)28(34)35)19-21(29)26-20(14(2)38-22(19)26)23(30)36-11-15-3-7-17(8-4-15)27(32)33/h3-10,13-14,19-20,22H,11-12H2,1-2H3,(H,25,31). The van der Waals surface area contributed by atoms with Gasteiger partial charge < -0.3 is 19.7 Å². The molecule has 38 heavy (non-hydrogen) atoms. The smallest absolute Gasteiger partial charge is 0.407 e.